The largest absolute Gasteiger partial charge is 0.422 e. The van der Waals surface area contributed by atoms with Crippen LogP contribution >= 0.6 is 0 Å². The van der Waals surface area contributed by atoms with Gasteiger partial charge in [0, 0.05) is 62.6 Å². The minimum Gasteiger partial charge on any atom is -0.422 e. The van der Waals surface area contributed by atoms with Crippen LogP contribution in [0, 0.1) is 11.8 Å². The number of benzene rings is 2. The van der Waals surface area contributed by atoms with Gasteiger partial charge >= 0.3 is 11.3 Å². The average Bonchev–Trinajstić information content (AvgIpc) is 0.776. The minimum absolute atomic E-state index is 0.0411. The third-order valence-electron chi connectivity index (χ3n) is 18.9. The molecule has 14 unspecified atom stereocenters. The number of nitrogens with one attached hydrogen (secondary N) is 4. The molecule has 24 atom stereocenters. The summed E-state index contributed by atoms with van der Waals surface area (Å²) in [5, 5.41) is 113. The van der Waals surface area contributed by atoms with E-state index in [2.05, 4.69) is 21.3 Å². The highest BCUT2D eigenvalue weighted by molar-refractivity contribution is 5.82. The Morgan fingerprint density at radius 2 is 1.11 bits per heavy atom. The van der Waals surface area contributed by atoms with Crippen molar-refractivity contribution in [2.45, 2.75) is 221 Å². The number of likely N-dealkylation sites (tertiary alicyclic amines) is 1. The summed E-state index contributed by atoms with van der Waals surface area (Å²) in [5.74, 6) is -5.01. The van der Waals surface area contributed by atoms with Gasteiger partial charge in [-0.2, -0.15) is 0 Å². The van der Waals surface area contributed by atoms with Gasteiger partial charge in [0.15, 0.2) is 18.9 Å². The van der Waals surface area contributed by atoms with Gasteiger partial charge in [0.25, 0.3) is 5.91 Å². The standard InChI is InChI=1S/C66H89N5O27/c1-5-11-42(61(85)71-18-10-19-71)91-57-48(70-32(4)75)64(96-46(26-72)51(57)78)95-45-25-35(22-39(69-31(3)74)56(45)98-65-54(81)53(80)49(76)30(2)90-65)59(83)67-16-17-68-60(84)36-23-43(88-28-37-20-33-12-6-8-14-40(33)92-62(37)86)50(77)44(24-36)94-66-55(82)58(52(79)47(27-73)97-66)89-29-38-21-34-13-7-9-15-41(34)93-63(38)87/h6-9,12-15,20-21,30,35-36,39,42-58,64-66,72-73,76-82H,5,10-11,16-19,22-29H2,1-4H3,(H,67,83)(H,68,84)(H,69,74)(H,70,75)/t30?,35?,36?,39?,42-,43?,44+,45+,46?,47?,48?,49+,50?,51-,52-,53-,54?,55?,56?,57?,58?,64+,65-,66+/m0/s1. The van der Waals surface area contributed by atoms with Crippen molar-refractivity contribution < 1.29 is 121 Å². The van der Waals surface area contributed by atoms with Gasteiger partial charge in [-0.3, -0.25) is 24.0 Å². The quantitative estimate of drug-likeness (QED) is 0.0221. The Bertz CT molecular complexity index is 3500. The van der Waals surface area contributed by atoms with Gasteiger partial charge < -0.3 is 124 Å². The number of hydrogen-bond donors (Lipinski definition) is 13. The molecular weight excluding hydrogens is 1290 g/mol. The van der Waals surface area contributed by atoms with E-state index in [-0.39, 0.29) is 62.2 Å². The SMILES string of the molecule is CCC[C@H](OC1C(NC(C)=O)[C@H](O[C@@H]2CC(C(=O)NCCNC(=O)C3CC(OCc4cc5ccccc5oc4=O)C(O)[C@H](O[C@@H]4OC(CO)[C@H](O)C(OCc5cc6ccccc6oc5=O)C4O)C3)CC(NC(C)=O)C2O[C@@H]2OC(C)[C@@H](O)[C@H](O)C2O)OC(CO)[C@@H]1O)C(=O)N1CCC1. The highest BCUT2D eigenvalue weighted by atomic mass is 16.7. The molecule has 2 aliphatic carbocycles. The van der Waals surface area contributed by atoms with Gasteiger partial charge in [-0.05, 0) is 69.7 Å². The predicted molar refractivity (Wildman–Crippen MR) is 336 cm³/mol. The number of rotatable bonds is 26. The number of nitrogens with zero attached hydrogens (tertiary/aromatic N) is 1. The topological polar surface area (TPSA) is 462 Å². The summed E-state index contributed by atoms with van der Waals surface area (Å²) in [4.78, 5) is 96.5. The van der Waals surface area contributed by atoms with E-state index in [9.17, 15) is 79.5 Å². The van der Waals surface area contributed by atoms with Gasteiger partial charge in [0.05, 0.1) is 68.0 Å². The van der Waals surface area contributed by atoms with E-state index in [1.54, 1.807) is 59.5 Å². The monoisotopic (exact) mass is 1380 g/mol. The van der Waals surface area contributed by atoms with Crippen LogP contribution in [-0.2, 0) is 79.8 Å². The van der Waals surface area contributed by atoms with Gasteiger partial charge in [0.1, 0.15) is 96.6 Å². The normalized spacial score (nSPS) is 34.7. The number of amides is 5. The molecule has 4 saturated heterocycles. The molecular formula is C66H89N5O27. The van der Waals surface area contributed by atoms with Crippen molar-refractivity contribution in [1.29, 1.82) is 0 Å². The summed E-state index contributed by atoms with van der Waals surface area (Å²) in [6.45, 7) is 3.67. The number of aliphatic hydroxyl groups is 9. The van der Waals surface area contributed by atoms with Crippen LogP contribution in [0.5, 0.6) is 0 Å². The van der Waals surface area contributed by atoms with Crippen molar-refractivity contribution in [3.63, 3.8) is 0 Å². The number of aliphatic hydroxyl groups excluding tert-OH is 9. The van der Waals surface area contributed by atoms with E-state index in [0.717, 1.165) is 6.42 Å². The molecule has 6 heterocycles. The third kappa shape index (κ3) is 17.3. The molecule has 98 heavy (non-hydrogen) atoms. The van der Waals surface area contributed by atoms with E-state index in [0.29, 0.717) is 41.4 Å². The van der Waals surface area contributed by atoms with Gasteiger partial charge in [-0.25, -0.2) is 9.59 Å². The zero-order valence-electron chi connectivity index (χ0n) is 54.6. The Hall–Kier alpha value is -6.51. The van der Waals surface area contributed by atoms with E-state index in [1.165, 1.54) is 26.8 Å². The number of para-hydroxylation sites is 2. The van der Waals surface area contributed by atoms with E-state index in [4.69, 9.17) is 51.5 Å². The second-order valence-electron chi connectivity index (χ2n) is 25.9. The van der Waals surface area contributed by atoms with Gasteiger partial charge in [-0.1, -0.05) is 49.7 Å². The van der Waals surface area contributed by atoms with Crippen LogP contribution in [0.1, 0.15) is 83.8 Å². The fraction of sp³-hybridized carbons (Fsp3) is 0.652. The summed E-state index contributed by atoms with van der Waals surface area (Å²) >= 11 is 0. The van der Waals surface area contributed by atoms with Crippen molar-refractivity contribution in [3.05, 3.63) is 92.6 Å². The molecule has 4 aliphatic heterocycles. The second-order valence-corrected chi connectivity index (χ2v) is 25.9. The van der Waals surface area contributed by atoms with Crippen molar-refractivity contribution in [2.75, 3.05) is 39.4 Å². The third-order valence-corrected chi connectivity index (χ3v) is 18.9. The Labute approximate surface area is 561 Å². The molecule has 5 amide bonds. The first-order chi connectivity index (χ1) is 46.9. The molecule has 4 aromatic rings. The van der Waals surface area contributed by atoms with Crippen molar-refractivity contribution in [2.24, 2.45) is 11.8 Å². The van der Waals surface area contributed by atoms with Crippen LogP contribution in [0.3, 0.4) is 0 Å². The van der Waals surface area contributed by atoms with Crippen molar-refractivity contribution in [3.8, 4) is 0 Å². The number of fused-ring (bicyclic) bond motifs is 2. The zero-order chi connectivity index (χ0) is 70.2. The van der Waals surface area contributed by atoms with Crippen LogP contribution in [0.4, 0.5) is 0 Å². The smallest absolute Gasteiger partial charge is 0.341 e. The lowest BCUT2D eigenvalue weighted by Gasteiger charge is -2.49. The fourth-order valence-electron chi connectivity index (χ4n) is 13.5. The number of hydrogen-bond acceptors (Lipinski definition) is 27. The minimum atomic E-state index is -1.86. The maximum Gasteiger partial charge on any atom is 0.341 e. The maximum atomic E-state index is 14.6. The lowest BCUT2D eigenvalue weighted by molar-refractivity contribution is -0.335. The molecule has 6 aliphatic rings. The van der Waals surface area contributed by atoms with Crippen molar-refractivity contribution >= 4 is 51.5 Å². The van der Waals surface area contributed by atoms with Gasteiger partial charge in [0.2, 0.25) is 23.6 Å². The molecule has 13 N–H and O–H groups in total. The van der Waals surface area contributed by atoms with Crippen LogP contribution in [0.25, 0.3) is 21.9 Å². The van der Waals surface area contributed by atoms with Crippen LogP contribution in [0.15, 0.2) is 79.1 Å². The predicted octanol–water partition coefficient (Wildman–Crippen LogP) is -2.92. The lowest BCUT2D eigenvalue weighted by atomic mass is 9.80. The molecule has 6 fully saturated rings. The highest BCUT2D eigenvalue weighted by Crippen LogP contribution is 2.38. The molecule has 540 valence electrons. The zero-order valence-corrected chi connectivity index (χ0v) is 54.6. The second kappa shape index (κ2) is 33.3. The molecule has 32 nitrogen and oxygen atoms in total. The first-order valence-electron chi connectivity index (χ1n) is 33.2. The van der Waals surface area contributed by atoms with E-state index < -0.39 is 208 Å². The average molecular weight is 1380 g/mol. The Morgan fingerprint density at radius 3 is 1.68 bits per heavy atom. The number of carbonyl (C=O) groups is 5. The maximum absolute atomic E-state index is 14.6. The molecule has 2 saturated carbocycles. The molecule has 0 spiro atoms. The van der Waals surface area contributed by atoms with Crippen LogP contribution in [-0.4, -0.2) is 255 Å². The van der Waals surface area contributed by atoms with Crippen LogP contribution < -0.4 is 32.5 Å². The van der Waals surface area contributed by atoms with Gasteiger partial charge in [-0.15, -0.1) is 0 Å². The summed E-state index contributed by atoms with van der Waals surface area (Å²) in [7, 11) is 0. The summed E-state index contributed by atoms with van der Waals surface area (Å²) in [6, 6.07) is 14.0. The molecule has 32 heteroatoms. The Kier molecular flexibility index (Phi) is 25.2. The summed E-state index contributed by atoms with van der Waals surface area (Å²) < 4.78 is 66.7. The molecule has 2 aromatic heterocycles. The first kappa shape index (κ1) is 74.2. The fourth-order valence-corrected chi connectivity index (χ4v) is 13.5. The lowest BCUT2D eigenvalue weighted by Crippen LogP contribution is -2.68. The van der Waals surface area contributed by atoms with E-state index in [1.807, 2.05) is 6.92 Å². The number of carbonyl (C=O) groups excluding carboxylic acids is 5. The summed E-state index contributed by atoms with van der Waals surface area (Å²) in [6.07, 6.45) is -30.0. The molecule has 10 rings (SSSR count). The number of ether oxygens (including phenoxy) is 9. The Morgan fingerprint density at radius 1 is 0.582 bits per heavy atom. The van der Waals surface area contributed by atoms with Crippen molar-refractivity contribution in [1.82, 2.24) is 26.2 Å². The first-order valence-corrected chi connectivity index (χ1v) is 33.2. The molecule has 2 aromatic carbocycles. The Balaban J connectivity index is 0.855. The molecule has 0 bridgehead atoms. The summed E-state index contributed by atoms with van der Waals surface area (Å²) in [5.41, 5.74) is -0.723. The highest BCUT2D eigenvalue weighted by Gasteiger charge is 2.55. The van der Waals surface area contributed by atoms with E-state index >= 15 is 0 Å². The molecule has 0 radical (unpaired) electrons. The van der Waals surface area contributed by atoms with Crippen LogP contribution in [0.2, 0.25) is 0 Å².